The Morgan fingerprint density at radius 3 is 2.79 bits per heavy atom. The second-order valence-electron chi connectivity index (χ2n) is 8.77. The van der Waals surface area contributed by atoms with Gasteiger partial charge in [-0.05, 0) is 49.4 Å². The maximum Gasteiger partial charge on any atom is 0.273 e. The van der Waals surface area contributed by atoms with Crippen LogP contribution < -0.4 is 5.73 Å². The highest BCUT2D eigenvalue weighted by Crippen LogP contribution is 2.48. The lowest BCUT2D eigenvalue weighted by atomic mass is 10.1. The molecule has 1 aliphatic carbocycles. The number of carbonyl (C=O) groups excluding carboxylic acids is 3. The summed E-state index contributed by atoms with van der Waals surface area (Å²) in [6.07, 6.45) is 2.74. The van der Waals surface area contributed by atoms with Crippen molar-refractivity contribution in [3.8, 4) is 0 Å². The van der Waals surface area contributed by atoms with Gasteiger partial charge < -0.3 is 10.6 Å². The number of aromatic nitrogens is 3. The first-order chi connectivity index (χ1) is 16.2. The largest absolute Gasteiger partial charge is 0.364 e. The Morgan fingerprint density at radius 2 is 2.06 bits per heavy atom. The summed E-state index contributed by atoms with van der Waals surface area (Å²) >= 11 is 5.96. The van der Waals surface area contributed by atoms with E-state index in [1.54, 1.807) is 37.3 Å². The van der Waals surface area contributed by atoms with Crippen LogP contribution in [0.4, 0.5) is 4.48 Å². The molecule has 0 unspecified atom stereocenters. The van der Waals surface area contributed by atoms with E-state index in [1.165, 1.54) is 15.8 Å². The van der Waals surface area contributed by atoms with E-state index in [2.05, 4.69) is 10.1 Å². The zero-order valence-electron chi connectivity index (χ0n) is 18.3. The lowest BCUT2D eigenvalue weighted by molar-refractivity contribution is -0.157. The number of nitrogens with zero attached hydrogens (tertiary/aromatic N) is 5. The smallest absolute Gasteiger partial charge is 0.273 e. The fourth-order valence-corrected chi connectivity index (χ4v) is 5.09. The predicted molar refractivity (Wildman–Crippen MR) is 121 cm³/mol. The average Bonchev–Trinajstić information content (AvgIpc) is 3.28. The van der Waals surface area contributed by atoms with E-state index < -0.39 is 17.9 Å². The molecule has 2 fully saturated rings. The summed E-state index contributed by atoms with van der Waals surface area (Å²) < 4.78 is 16.2. The van der Waals surface area contributed by atoms with Gasteiger partial charge in [0.2, 0.25) is 5.91 Å². The van der Waals surface area contributed by atoms with Crippen molar-refractivity contribution >= 4 is 40.2 Å². The van der Waals surface area contributed by atoms with Crippen LogP contribution in [0.5, 0.6) is 0 Å². The number of nitrogens with two attached hydrogens (primary N) is 1. The summed E-state index contributed by atoms with van der Waals surface area (Å²) in [7, 11) is 0. The van der Waals surface area contributed by atoms with E-state index in [1.807, 2.05) is 0 Å². The minimum atomic E-state index is -0.892. The first-order valence-corrected chi connectivity index (χ1v) is 11.3. The van der Waals surface area contributed by atoms with Crippen molar-refractivity contribution in [2.45, 2.75) is 44.9 Å². The van der Waals surface area contributed by atoms with Crippen molar-refractivity contribution in [1.29, 1.82) is 0 Å². The molecule has 3 atom stereocenters. The summed E-state index contributed by atoms with van der Waals surface area (Å²) in [5, 5.41) is 5.33. The second kappa shape index (κ2) is 8.35. The maximum atomic E-state index is 14.9. The van der Waals surface area contributed by atoms with Gasteiger partial charge in [0.1, 0.15) is 12.6 Å². The van der Waals surface area contributed by atoms with E-state index in [0.29, 0.717) is 33.6 Å². The number of benzene rings is 1. The lowest BCUT2D eigenvalue weighted by Crippen LogP contribution is -2.48. The minimum Gasteiger partial charge on any atom is -0.364 e. The molecule has 0 bridgehead atoms. The summed E-state index contributed by atoms with van der Waals surface area (Å²) in [6.45, 7) is 1.26. The van der Waals surface area contributed by atoms with Gasteiger partial charge in [-0.2, -0.15) is 10.2 Å². The number of hydrogen-bond acceptors (Lipinski definition) is 5. The molecule has 1 aromatic carbocycles. The molecule has 1 saturated carbocycles. The van der Waals surface area contributed by atoms with E-state index in [-0.39, 0.29) is 41.8 Å². The van der Waals surface area contributed by atoms with Crippen molar-refractivity contribution < 1.29 is 18.9 Å². The fourth-order valence-electron chi connectivity index (χ4n) is 4.88. The third kappa shape index (κ3) is 3.87. The van der Waals surface area contributed by atoms with Crippen LogP contribution in [0.1, 0.15) is 34.6 Å². The molecule has 2 aromatic heterocycles. The summed E-state index contributed by atoms with van der Waals surface area (Å²) in [6, 6.07) is 7.24. The standard InChI is InChI=1S/C23H22ClFN6O3/c1-12-21-16(5-6-27-12)20(22(26)33)28-30(21)11-19(32)31-17-8-14(17)9-18(31)23(34)29(25)10-13-3-2-4-15(24)7-13/h2-7,14,17-18H,8-11H2,1H3,(H2,26,33)/t14-,17-,18+/m1/s1. The molecule has 2 aliphatic rings. The number of hydrogen-bond donors (Lipinski definition) is 1. The summed E-state index contributed by atoms with van der Waals surface area (Å²) in [4.78, 5) is 43.9. The number of piperidine rings is 1. The Balaban J connectivity index is 1.37. The molecule has 34 heavy (non-hydrogen) atoms. The summed E-state index contributed by atoms with van der Waals surface area (Å²) in [5.74, 6) is -1.67. The number of carbonyl (C=O) groups is 3. The van der Waals surface area contributed by atoms with E-state index in [0.717, 1.165) is 6.42 Å². The van der Waals surface area contributed by atoms with Gasteiger partial charge >= 0.3 is 0 Å². The molecule has 3 heterocycles. The minimum absolute atomic E-state index is 0.0445. The van der Waals surface area contributed by atoms with Crippen molar-refractivity contribution in [3.63, 3.8) is 0 Å². The molecule has 3 amide bonds. The topological polar surface area (TPSA) is 114 Å². The quantitative estimate of drug-likeness (QED) is 0.539. The third-order valence-electron chi connectivity index (χ3n) is 6.49. The molecule has 0 radical (unpaired) electrons. The van der Waals surface area contributed by atoms with Crippen LogP contribution in [0.3, 0.4) is 0 Å². The number of pyridine rings is 1. The fraction of sp³-hybridized carbons (Fsp3) is 0.348. The molecule has 3 aromatic rings. The van der Waals surface area contributed by atoms with Crippen molar-refractivity contribution in [1.82, 2.24) is 24.8 Å². The SMILES string of the molecule is Cc1nccc2c(C(N)=O)nn(CC(=O)N3[C@@H]4C[C@@H]4C[C@H]3C(=O)N(F)Cc3cccc(Cl)c3)c12. The van der Waals surface area contributed by atoms with Gasteiger partial charge in [0.05, 0.1) is 17.8 Å². The molecule has 176 valence electrons. The maximum absolute atomic E-state index is 14.9. The van der Waals surface area contributed by atoms with Gasteiger partial charge in [0.25, 0.3) is 11.8 Å². The molecule has 1 aliphatic heterocycles. The van der Waals surface area contributed by atoms with Crippen molar-refractivity contribution in [2.75, 3.05) is 0 Å². The highest BCUT2D eigenvalue weighted by Gasteiger charge is 2.56. The van der Waals surface area contributed by atoms with Crippen LogP contribution in [0.2, 0.25) is 5.02 Å². The number of fused-ring (bicyclic) bond motifs is 2. The zero-order chi connectivity index (χ0) is 24.1. The summed E-state index contributed by atoms with van der Waals surface area (Å²) in [5.41, 5.74) is 7.16. The van der Waals surface area contributed by atoms with Crippen LogP contribution >= 0.6 is 11.6 Å². The van der Waals surface area contributed by atoms with Gasteiger partial charge in [-0.1, -0.05) is 28.2 Å². The zero-order valence-corrected chi connectivity index (χ0v) is 19.1. The molecule has 9 nitrogen and oxygen atoms in total. The van der Waals surface area contributed by atoms with Crippen molar-refractivity contribution in [3.05, 3.63) is 58.5 Å². The normalized spacial score (nSPS) is 20.9. The highest BCUT2D eigenvalue weighted by atomic mass is 35.5. The van der Waals surface area contributed by atoms with Gasteiger partial charge in [0, 0.05) is 22.6 Å². The van der Waals surface area contributed by atoms with Crippen LogP contribution in [-0.4, -0.2) is 54.6 Å². The lowest BCUT2D eigenvalue weighted by Gasteiger charge is -2.28. The molecule has 1 saturated heterocycles. The van der Waals surface area contributed by atoms with E-state index in [4.69, 9.17) is 17.3 Å². The number of halogens is 2. The molecule has 5 rings (SSSR count). The first kappa shape index (κ1) is 22.3. The molecular formula is C23H22ClFN6O3. The molecular weight excluding hydrogens is 463 g/mol. The van der Waals surface area contributed by atoms with Gasteiger partial charge in [-0.15, -0.1) is 0 Å². The number of aryl methyl sites for hydroxylation is 1. The van der Waals surface area contributed by atoms with Gasteiger partial charge in [-0.3, -0.25) is 24.0 Å². The van der Waals surface area contributed by atoms with Crippen LogP contribution in [0.15, 0.2) is 36.5 Å². The Hall–Kier alpha value is -3.53. The number of likely N-dealkylation sites (tertiary alicyclic amines) is 1. The average molecular weight is 485 g/mol. The Bertz CT molecular complexity index is 1330. The Kier molecular flexibility index (Phi) is 5.47. The Morgan fingerprint density at radius 1 is 1.26 bits per heavy atom. The van der Waals surface area contributed by atoms with Gasteiger partial charge in [-0.25, -0.2) is 0 Å². The second-order valence-corrected chi connectivity index (χ2v) is 9.20. The molecule has 0 spiro atoms. The molecule has 11 heteroatoms. The molecule has 2 N–H and O–H groups in total. The van der Waals surface area contributed by atoms with Crippen LogP contribution in [-0.2, 0) is 22.7 Å². The number of primary amides is 1. The van der Waals surface area contributed by atoms with Gasteiger partial charge in [0.15, 0.2) is 5.69 Å². The van der Waals surface area contributed by atoms with E-state index >= 15 is 0 Å². The first-order valence-electron chi connectivity index (χ1n) is 10.9. The monoisotopic (exact) mass is 484 g/mol. The number of rotatable bonds is 6. The third-order valence-corrected chi connectivity index (χ3v) is 6.72. The predicted octanol–water partition coefficient (Wildman–Crippen LogP) is 2.39. The van der Waals surface area contributed by atoms with E-state index in [9.17, 15) is 18.9 Å². The van der Waals surface area contributed by atoms with Crippen LogP contribution in [0.25, 0.3) is 10.9 Å². The highest BCUT2D eigenvalue weighted by molar-refractivity contribution is 6.30. The number of amides is 3. The Labute approximate surface area is 199 Å². The van der Waals surface area contributed by atoms with Crippen LogP contribution in [0, 0.1) is 12.8 Å². The van der Waals surface area contributed by atoms with Crippen molar-refractivity contribution in [2.24, 2.45) is 11.7 Å².